The molecule has 2 aromatic carbocycles. The molecule has 0 aliphatic carbocycles. The van der Waals surface area contributed by atoms with Gasteiger partial charge in [-0.3, -0.25) is 9.59 Å². The fourth-order valence-electron chi connectivity index (χ4n) is 2.45. The molecule has 0 saturated carbocycles. The second-order valence-electron chi connectivity index (χ2n) is 5.86. The van der Waals surface area contributed by atoms with E-state index in [4.69, 9.17) is 27.9 Å². The summed E-state index contributed by atoms with van der Waals surface area (Å²) in [6.45, 7) is 6.78. The van der Waals surface area contributed by atoms with E-state index in [-0.39, 0.29) is 16.8 Å². The Bertz CT molecular complexity index is 805. The first-order chi connectivity index (χ1) is 12.9. The second-order valence-corrected chi connectivity index (χ2v) is 6.64. The van der Waals surface area contributed by atoms with Gasteiger partial charge >= 0.3 is 0 Å². The molecule has 0 bridgehead atoms. The molecule has 5 nitrogen and oxygen atoms in total. The summed E-state index contributed by atoms with van der Waals surface area (Å²) in [5, 5.41) is 3.37. The molecule has 7 heteroatoms. The van der Waals surface area contributed by atoms with Crippen molar-refractivity contribution in [2.24, 2.45) is 0 Å². The monoisotopic (exact) mass is 408 g/mol. The number of carbonyl (C=O) groups excluding carboxylic acids is 2. The quantitative estimate of drug-likeness (QED) is 0.709. The first-order valence-electron chi connectivity index (χ1n) is 8.68. The summed E-state index contributed by atoms with van der Waals surface area (Å²) in [5.74, 6) is -0.0361. The van der Waals surface area contributed by atoms with Gasteiger partial charge in [0.25, 0.3) is 11.8 Å². The highest BCUT2D eigenvalue weighted by molar-refractivity contribution is 6.42. The number of hydrogen-bond donors (Lipinski definition) is 1. The van der Waals surface area contributed by atoms with E-state index in [1.807, 2.05) is 13.8 Å². The minimum Gasteiger partial charge on any atom is -0.479 e. The largest absolute Gasteiger partial charge is 0.479 e. The van der Waals surface area contributed by atoms with Gasteiger partial charge in [0.05, 0.1) is 5.02 Å². The van der Waals surface area contributed by atoms with Crippen molar-refractivity contribution in [2.75, 3.05) is 18.4 Å². The van der Waals surface area contributed by atoms with Crippen molar-refractivity contribution in [1.29, 1.82) is 0 Å². The van der Waals surface area contributed by atoms with Crippen LogP contribution in [0.25, 0.3) is 0 Å². The van der Waals surface area contributed by atoms with Crippen LogP contribution in [0.3, 0.4) is 0 Å². The van der Waals surface area contributed by atoms with Crippen LogP contribution in [0.15, 0.2) is 42.5 Å². The maximum absolute atomic E-state index is 12.3. The zero-order valence-electron chi connectivity index (χ0n) is 15.5. The molecule has 0 saturated heterocycles. The summed E-state index contributed by atoms with van der Waals surface area (Å²) >= 11 is 12.0. The van der Waals surface area contributed by atoms with Gasteiger partial charge in [0.2, 0.25) is 0 Å². The topological polar surface area (TPSA) is 58.6 Å². The van der Waals surface area contributed by atoms with Gasteiger partial charge in [-0.1, -0.05) is 29.3 Å². The molecule has 0 radical (unpaired) electrons. The Kier molecular flexibility index (Phi) is 7.51. The van der Waals surface area contributed by atoms with E-state index in [1.54, 1.807) is 54.3 Å². The van der Waals surface area contributed by atoms with Crippen molar-refractivity contribution in [3.8, 4) is 5.75 Å². The lowest BCUT2D eigenvalue weighted by molar-refractivity contribution is -0.122. The Hall–Kier alpha value is -2.24. The molecule has 1 atom stereocenters. The predicted octanol–water partition coefficient (Wildman–Crippen LogP) is 4.88. The van der Waals surface area contributed by atoms with E-state index in [1.165, 1.54) is 0 Å². The number of carbonyl (C=O) groups is 2. The number of anilines is 1. The third kappa shape index (κ3) is 5.37. The molecule has 2 rings (SSSR count). The Morgan fingerprint density at radius 2 is 1.70 bits per heavy atom. The van der Waals surface area contributed by atoms with Crippen LogP contribution < -0.4 is 10.1 Å². The predicted molar refractivity (Wildman–Crippen MR) is 109 cm³/mol. The van der Waals surface area contributed by atoms with Gasteiger partial charge in [-0.05, 0) is 57.2 Å². The molecule has 2 amide bonds. The number of amides is 2. The van der Waals surface area contributed by atoms with Gasteiger partial charge in [-0.15, -0.1) is 0 Å². The molecular weight excluding hydrogens is 387 g/mol. The highest BCUT2D eigenvalue weighted by Crippen LogP contribution is 2.32. The standard InChI is InChI=1S/C20H22Cl2N2O3/c1-4-24(5-2)20(26)14-9-11-15(12-10-14)23-19(25)13(3)27-17-8-6-7-16(21)18(17)22/h6-13H,4-5H2,1-3H3,(H,23,25). The number of nitrogens with zero attached hydrogens (tertiary/aromatic N) is 1. The summed E-state index contributed by atoms with van der Waals surface area (Å²) < 4.78 is 5.59. The fourth-order valence-corrected chi connectivity index (χ4v) is 2.79. The molecule has 1 N–H and O–H groups in total. The van der Waals surface area contributed by atoms with Gasteiger partial charge < -0.3 is 15.0 Å². The van der Waals surface area contributed by atoms with Crippen LogP contribution in [0.2, 0.25) is 10.0 Å². The number of ether oxygens (including phenoxy) is 1. The molecule has 0 heterocycles. The Labute approximate surface area is 169 Å². The van der Waals surface area contributed by atoms with E-state index in [0.29, 0.717) is 35.1 Å². The summed E-state index contributed by atoms with van der Waals surface area (Å²) in [6.07, 6.45) is -0.780. The zero-order valence-corrected chi connectivity index (χ0v) is 17.0. The van der Waals surface area contributed by atoms with Crippen molar-refractivity contribution in [3.63, 3.8) is 0 Å². The average molecular weight is 409 g/mol. The van der Waals surface area contributed by atoms with Crippen molar-refractivity contribution in [1.82, 2.24) is 4.90 Å². The van der Waals surface area contributed by atoms with Crippen molar-refractivity contribution in [3.05, 3.63) is 58.1 Å². The lowest BCUT2D eigenvalue weighted by Gasteiger charge is -2.19. The first-order valence-corrected chi connectivity index (χ1v) is 9.43. The van der Waals surface area contributed by atoms with Gasteiger partial charge in [0, 0.05) is 24.3 Å². The molecular formula is C20H22Cl2N2O3. The van der Waals surface area contributed by atoms with Crippen LogP contribution in [-0.2, 0) is 4.79 Å². The number of halogens is 2. The Morgan fingerprint density at radius 3 is 2.30 bits per heavy atom. The van der Waals surface area contributed by atoms with Crippen molar-refractivity contribution in [2.45, 2.75) is 26.9 Å². The van der Waals surface area contributed by atoms with Gasteiger partial charge in [-0.2, -0.15) is 0 Å². The highest BCUT2D eigenvalue weighted by atomic mass is 35.5. The van der Waals surface area contributed by atoms with Crippen LogP contribution >= 0.6 is 23.2 Å². The molecule has 2 aromatic rings. The molecule has 1 unspecified atom stereocenters. The molecule has 0 spiro atoms. The third-order valence-corrected chi connectivity index (χ3v) is 4.84. The summed E-state index contributed by atoms with van der Waals surface area (Å²) in [6, 6.07) is 11.7. The molecule has 0 aliphatic heterocycles. The molecule has 0 aromatic heterocycles. The Balaban J connectivity index is 2.01. The maximum atomic E-state index is 12.3. The lowest BCUT2D eigenvalue weighted by Crippen LogP contribution is -2.31. The van der Waals surface area contributed by atoms with Crippen LogP contribution in [0, 0.1) is 0 Å². The zero-order chi connectivity index (χ0) is 20.0. The molecule has 144 valence electrons. The third-order valence-electron chi connectivity index (χ3n) is 4.04. The smallest absolute Gasteiger partial charge is 0.265 e. The van der Waals surface area contributed by atoms with Crippen molar-refractivity contribution >= 4 is 40.7 Å². The molecule has 0 fully saturated rings. The number of benzene rings is 2. The normalized spacial score (nSPS) is 11.6. The summed E-state index contributed by atoms with van der Waals surface area (Å²) in [7, 11) is 0. The van der Waals surface area contributed by atoms with Gasteiger partial charge in [0.15, 0.2) is 6.10 Å². The minimum atomic E-state index is -0.780. The molecule has 27 heavy (non-hydrogen) atoms. The van der Waals surface area contributed by atoms with Crippen molar-refractivity contribution < 1.29 is 14.3 Å². The van der Waals surface area contributed by atoms with E-state index in [9.17, 15) is 9.59 Å². The van der Waals surface area contributed by atoms with E-state index >= 15 is 0 Å². The van der Waals surface area contributed by atoms with E-state index < -0.39 is 6.10 Å². The number of rotatable bonds is 7. The van der Waals surface area contributed by atoms with Gasteiger partial charge in [0.1, 0.15) is 10.8 Å². The average Bonchev–Trinajstić information content (AvgIpc) is 2.66. The van der Waals surface area contributed by atoms with Crippen LogP contribution in [0.5, 0.6) is 5.75 Å². The van der Waals surface area contributed by atoms with Crippen LogP contribution in [-0.4, -0.2) is 35.9 Å². The van der Waals surface area contributed by atoms with Crippen LogP contribution in [0.4, 0.5) is 5.69 Å². The number of nitrogens with one attached hydrogen (secondary N) is 1. The second kappa shape index (κ2) is 9.62. The fraction of sp³-hybridized carbons (Fsp3) is 0.300. The van der Waals surface area contributed by atoms with Crippen LogP contribution in [0.1, 0.15) is 31.1 Å². The van der Waals surface area contributed by atoms with E-state index in [0.717, 1.165) is 0 Å². The first kappa shape index (κ1) is 21.1. The summed E-state index contributed by atoms with van der Waals surface area (Å²) in [5.41, 5.74) is 1.15. The highest BCUT2D eigenvalue weighted by Gasteiger charge is 2.18. The molecule has 0 aliphatic rings. The number of hydrogen-bond acceptors (Lipinski definition) is 3. The summed E-state index contributed by atoms with van der Waals surface area (Å²) in [4.78, 5) is 26.4. The minimum absolute atomic E-state index is 0.0369. The van der Waals surface area contributed by atoms with Gasteiger partial charge in [-0.25, -0.2) is 0 Å². The SMILES string of the molecule is CCN(CC)C(=O)c1ccc(NC(=O)C(C)Oc2cccc(Cl)c2Cl)cc1. The maximum Gasteiger partial charge on any atom is 0.265 e. The Morgan fingerprint density at radius 1 is 1.07 bits per heavy atom. The lowest BCUT2D eigenvalue weighted by atomic mass is 10.1. The van der Waals surface area contributed by atoms with E-state index in [2.05, 4.69) is 5.32 Å².